The van der Waals surface area contributed by atoms with E-state index < -0.39 is 0 Å². The SMILES string of the molecule is CCOC(=O)c1c(NC(=O)CC(C)CC(C)(C)C)sc2c1CCC(c1ccccc1)C2. The van der Waals surface area contributed by atoms with Crippen molar-refractivity contribution >= 4 is 28.2 Å². The second-order valence-corrected chi connectivity index (χ2v) is 11.0. The van der Waals surface area contributed by atoms with Crippen molar-refractivity contribution < 1.29 is 14.3 Å². The van der Waals surface area contributed by atoms with E-state index in [-0.39, 0.29) is 23.2 Å². The van der Waals surface area contributed by atoms with Crippen molar-refractivity contribution in [3.05, 3.63) is 51.9 Å². The quantitative estimate of drug-likeness (QED) is 0.493. The number of fused-ring (bicyclic) bond motifs is 1. The number of amides is 1. The Morgan fingerprint density at radius 1 is 1.23 bits per heavy atom. The molecule has 4 nitrogen and oxygen atoms in total. The van der Waals surface area contributed by atoms with Gasteiger partial charge < -0.3 is 10.1 Å². The molecule has 31 heavy (non-hydrogen) atoms. The first-order valence-electron chi connectivity index (χ1n) is 11.3. The van der Waals surface area contributed by atoms with Crippen LogP contribution in [0.2, 0.25) is 0 Å². The van der Waals surface area contributed by atoms with Crippen molar-refractivity contribution in [2.24, 2.45) is 11.3 Å². The van der Waals surface area contributed by atoms with E-state index in [1.807, 2.05) is 13.0 Å². The molecular formula is C26H35NO3S. The number of nitrogens with one attached hydrogen (secondary N) is 1. The van der Waals surface area contributed by atoms with Gasteiger partial charge in [-0.3, -0.25) is 4.79 Å². The van der Waals surface area contributed by atoms with Gasteiger partial charge in [-0.05, 0) is 61.0 Å². The van der Waals surface area contributed by atoms with Crippen molar-refractivity contribution in [2.45, 2.75) is 72.6 Å². The molecule has 2 aromatic rings. The number of ether oxygens (including phenoxy) is 1. The lowest BCUT2D eigenvalue weighted by atomic mass is 9.83. The number of esters is 1. The van der Waals surface area contributed by atoms with Crippen molar-refractivity contribution in [3.8, 4) is 0 Å². The highest BCUT2D eigenvalue weighted by Gasteiger charge is 2.31. The van der Waals surface area contributed by atoms with Crippen LogP contribution in [0.1, 0.15) is 86.2 Å². The molecule has 1 aliphatic rings. The Bertz CT molecular complexity index is 911. The molecule has 0 spiro atoms. The summed E-state index contributed by atoms with van der Waals surface area (Å²) >= 11 is 1.55. The first-order chi connectivity index (χ1) is 14.7. The lowest BCUT2D eigenvalue weighted by molar-refractivity contribution is -0.117. The summed E-state index contributed by atoms with van der Waals surface area (Å²) in [5.41, 5.74) is 3.16. The number of hydrogen-bond acceptors (Lipinski definition) is 4. The van der Waals surface area contributed by atoms with Gasteiger partial charge in [0.25, 0.3) is 0 Å². The molecule has 2 unspecified atom stereocenters. The van der Waals surface area contributed by atoms with Gasteiger partial charge >= 0.3 is 5.97 Å². The van der Waals surface area contributed by atoms with Gasteiger partial charge in [-0.25, -0.2) is 4.79 Å². The lowest BCUT2D eigenvalue weighted by Crippen LogP contribution is -2.20. The van der Waals surface area contributed by atoms with E-state index in [4.69, 9.17) is 4.74 Å². The number of anilines is 1. The summed E-state index contributed by atoms with van der Waals surface area (Å²) in [5.74, 6) is 0.373. The molecule has 0 aliphatic heterocycles. The number of carbonyl (C=O) groups is 2. The van der Waals surface area contributed by atoms with Crippen molar-refractivity contribution in [1.82, 2.24) is 0 Å². The van der Waals surface area contributed by atoms with Gasteiger partial charge in [0.05, 0.1) is 12.2 Å². The Morgan fingerprint density at radius 2 is 1.94 bits per heavy atom. The minimum absolute atomic E-state index is 0.0273. The maximum absolute atomic E-state index is 12.8. The molecule has 1 amide bonds. The highest BCUT2D eigenvalue weighted by atomic mass is 32.1. The number of thiophene rings is 1. The Labute approximate surface area is 190 Å². The fourth-order valence-corrected chi connectivity index (χ4v) is 6.05. The predicted octanol–water partition coefficient (Wildman–Crippen LogP) is 6.60. The molecule has 0 saturated heterocycles. The van der Waals surface area contributed by atoms with Crippen LogP contribution in [-0.4, -0.2) is 18.5 Å². The standard InChI is InChI=1S/C26H35NO3S/c1-6-30-25(29)23-20-13-12-19(18-10-8-7-9-11-18)15-21(20)31-24(23)27-22(28)14-17(2)16-26(3,4)5/h7-11,17,19H,6,12-16H2,1-5H3,(H,27,28). The molecule has 1 aromatic heterocycles. The van der Waals surface area contributed by atoms with Crippen LogP contribution >= 0.6 is 11.3 Å². The van der Waals surface area contributed by atoms with Gasteiger partial charge in [0.1, 0.15) is 5.00 Å². The van der Waals surface area contributed by atoms with E-state index in [1.54, 1.807) is 11.3 Å². The van der Waals surface area contributed by atoms with Gasteiger partial charge in [-0.1, -0.05) is 58.0 Å². The minimum Gasteiger partial charge on any atom is -0.462 e. The summed E-state index contributed by atoms with van der Waals surface area (Å²) in [4.78, 5) is 26.8. The number of carbonyl (C=O) groups excluding carboxylic acids is 2. The molecule has 3 rings (SSSR count). The van der Waals surface area contributed by atoms with Gasteiger partial charge in [-0.2, -0.15) is 0 Å². The van der Waals surface area contributed by atoms with E-state index in [1.165, 1.54) is 10.4 Å². The number of hydrogen-bond donors (Lipinski definition) is 1. The third-order valence-electron chi connectivity index (χ3n) is 5.76. The summed E-state index contributed by atoms with van der Waals surface area (Å²) < 4.78 is 5.35. The third-order valence-corrected chi connectivity index (χ3v) is 6.93. The Morgan fingerprint density at radius 3 is 2.58 bits per heavy atom. The highest BCUT2D eigenvalue weighted by molar-refractivity contribution is 7.17. The first kappa shape index (κ1) is 23.5. The average molecular weight is 442 g/mol. The van der Waals surface area contributed by atoms with Crippen LogP contribution in [0.15, 0.2) is 30.3 Å². The van der Waals surface area contributed by atoms with Crippen LogP contribution in [0.4, 0.5) is 5.00 Å². The third kappa shape index (κ3) is 6.19. The Kier molecular flexibility index (Phi) is 7.58. The second kappa shape index (κ2) is 9.99. The maximum Gasteiger partial charge on any atom is 0.341 e. The normalized spacial score (nSPS) is 17.0. The number of rotatable bonds is 7. The van der Waals surface area contributed by atoms with E-state index in [9.17, 15) is 9.59 Å². The molecule has 1 N–H and O–H groups in total. The van der Waals surface area contributed by atoms with Crippen molar-refractivity contribution in [2.75, 3.05) is 11.9 Å². The topological polar surface area (TPSA) is 55.4 Å². The zero-order valence-corrected chi connectivity index (χ0v) is 20.2. The van der Waals surface area contributed by atoms with Crippen molar-refractivity contribution in [1.29, 1.82) is 0 Å². The first-order valence-corrected chi connectivity index (χ1v) is 12.2. The van der Waals surface area contributed by atoms with E-state index in [0.29, 0.717) is 29.5 Å². The summed E-state index contributed by atoms with van der Waals surface area (Å²) in [6, 6.07) is 10.5. The van der Waals surface area contributed by atoms with E-state index >= 15 is 0 Å². The summed E-state index contributed by atoms with van der Waals surface area (Å²) in [6.45, 7) is 10.8. The van der Waals surface area contributed by atoms with Crippen LogP contribution in [-0.2, 0) is 22.4 Å². The molecule has 168 valence electrons. The molecule has 1 aliphatic carbocycles. The molecule has 1 heterocycles. The molecule has 0 bridgehead atoms. The summed E-state index contributed by atoms with van der Waals surface area (Å²) in [5, 5.41) is 3.71. The summed E-state index contributed by atoms with van der Waals surface area (Å²) in [6.07, 6.45) is 4.15. The highest BCUT2D eigenvalue weighted by Crippen LogP contribution is 2.43. The van der Waals surface area contributed by atoms with Crippen LogP contribution in [0, 0.1) is 11.3 Å². The van der Waals surface area contributed by atoms with Crippen LogP contribution in [0.3, 0.4) is 0 Å². The van der Waals surface area contributed by atoms with Gasteiger partial charge in [0.15, 0.2) is 0 Å². The molecule has 2 atom stereocenters. The maximum atomic E-state index is 12.8. The van der Waals surface area contributed by atoms with Gasteiger partial charge in [0, 0.05) is 11.3 Å². The molecule has 0 fully saturated rings. The van der Waals surface area contributed by atoms with Crippen molar-refractivity contribution in [3.63, 3.8) is 0 Å². The minimum atomic E-state index is -0.323. The number of benzene rings is 1. The lowest BCUT2D eigenvalue weighted by Gasteiger charge is -2.23. The average Bonchev–Trinajstić information content (AvgIpc) is 3.03. The smallest absolute Gasteiger partial charge is 0.341 e. The van der Waals surface area contributed by atoms with Crippen LogP contribution in [0.5, 0.6) is 0 Å². The van der Waals surface area contributed by atoms with Crippen LogP contribution < -0.4 is 5.32 Å². The van der Waals surface area contributed by atoms with E-state index in [0.717, 1.165) is 31.2 Å². The molecule has 1 aromatic carbocycles. The predicted molar refractivity (Wildman–Crippen MR) is 128 cm³/mol. The fraction of sp³-hybridized carbons (Fsp3) is 0.538. The molecule has 5 heteroatoms. The van der Waals surface area contributed by atoms with E-state index in [2.05, 4.69) is 57.3 Å². The Balaban J connectivity index is 1.81. The van der Waals surface area contributed by atoms with Crippen LogP contribution in [0.25, 0.3) is 0 Å². The largest absolute Gasteiger partial charge is 0.462 e. The van der Waals surface area contributed by atoms with Gasteiger partial charge in [-0.15, -0.1) is 11.3 Å². The second-order valence-electron chi connectivity index (χ2n) is 9.90. The zero-order valence-electron chi connectivity index (χ0n) is 19.4. The molecular weight excluding hydrogens is 406 g/mol. The monoisotopic (exact) mass is 441 g/mol. The summed E-state index contributed by atoms with van der Waals surface area (Å²) in [7, 11) is 0. The molecule has 0 radical (unpaired) electrons. The Hall–Kier alpha value is -2.14. The zero-order chi connectivity index (χ0) is 22.6. The molecule has 0 saturated carbocycles. The fourth-order valence-electron chi connectivity index (χ4n) is 4.71. The van der Waals surface area contributed by atoms with Gasteiger partial charge in [0.2, 0.25) is 5.91 Å².